The van der Waals surface area contributed by atoms with Gasteiger partial charge in [-0.3, -0.25) is 19.8 Å². The summed E-state index contributed by atoms with van der Waals surface area (Å²) < 4.78 is 10.3. The number of rotatable bonds is 5. The zero-order valence-corrected chi connectivity index (χ0v) is 15.5. The van der Waals surface area contributed by atoms with Gasteiger partial charge >= 0.3 is 12.1 Å². The predicted octanol–water partition coefficient (Wildman–Crippen LogP) is 2.72. The van der Waals surface area contributed by atoms with Crippen LogP contribution >= 0.6 is 0 Å². The van der Waals surface area contributed by atoms with Crippen LogP contribution in [0.15, 0.2) is 24.3 Å². The molecule has 27 heavy (non-hydrogen) atoms. The first-order valence-electron chi connectivity index (χ1n) is 8.52. The molecule has 0 spiro atoms. The highest BCUT2D eigenvalue weighted by molar-refractivity contribution is 5.98. The van der Waals surface area contributed by atoms with Gasteiger partial charge in [0, 0.05) is 24.2 Å². The maximum atomic E-state index is 12.3. The molecule has 9 heteroatoms. The summed E-state index contributed by atoms with van der Waals surface area (Å²) in [5, 5.41) is 10.8. The summed E-state index contributed by atoms with van der Waals surface area (Å²) in [6, 6.07) is 4.37. The Morgan fingerprint density at radius 3 is 2.63 bits per heavy atom. The van der Waals surface area contributed by atoms with E-state index in [9.17, 15) is 24.5 Å². The van der Waals surface area contributed by atoms with Crippen molar-refractivity contribution >= 4 is 23.5 Å². The van der Waals surface area contributed by atoms with Gasteiger partial charge in [-0.15, -0.1) is 0 Å². The Morgan fingerprint density at radius 1 is 1.30 bits per heavy atom. The van der Waals surface area contributed by atoms with Gasteiger partial charge in [0.2, 0.25) is 5.78 Å². The Kier molecular flexibility index (Phi) is 6.14. The molecule has 0 bridgehead atoms. The van der Waals surface area contributed by atoms with Crippen molar-refractivity contribution in [2.24, 2.45) is 0 Å². The summed E-state index contributed by atoms with van der Waals surface area (Å²) in [7, 11) is 0. The monoisotopic (exact) mass is 378 g/mol. The first kappa shape index (κ1) is 20.3. The number of Topliss-reactive ketones (excluding diaryl/α,β-unsaturated/α-hetero) is 1. The van der Waals surface area contributed by atoms with E-state index >= 15 is 0 Å². The summed E-state index contributed by atoms with van der Waals surface area (Å²) in [6.07, 6.45) is 0.438. The standard InChI is InChI=1S/C18H22N2O7/c1-18(2,3)27-17(23)19-9-5-8-14(19)16(22)26-11-15(21)12-6-4-7-13(10-12)20(24)25/h4,6-7,10,14H,5,8-9,11H2,1-3H3/t14-/m0/s1. The minimum Gasteiger partial charge on any atom is -0.456 e. The highest BCUT2D eigenvalue weighted by atomic mass is 16.6. The Morgan fingerprint density at radius 2 is 2.00 bits per heavy atom. The van der Waals surface area contributed by atoms with Crippen LogP contribution in [0.25, 0.3) is 0 Å². The summed E-state index contributed by atoms with van der Waals surface area (Å²) in [6.45, 7) is 5.00. The SMILES string of the molecule is CC(C)(C)OC(=O)N1CCC[C@H]1C(=O)OCC(=O)c1cccc([N+](=O)[O-])c1. The number of nitro groups is 1. The third-order valence-electron chi connectivity index (χ3n) is 3.88. The van der Waals surface area contributed by atoms with Crippen LogP contribution in [-0.4, -0.2) is 52.5 Å². The number of hydrogen-bond acceptors (Lipinski definition) is 7. The summed E-state index contributed by atoms with van der Waals surface area (Å²) in [5.74, 6) is -1.26. The molecule has 1 saturated heterocycles. The first-order chi connectivity index (χ1) is 12.6. The van der Waals surface area contributed by atoms with E-state index in [1.165, 1.54) is 23.1 Å². The number of amides is 1. The summed E-state index contributed by atoms with van der Waals surface area (Å²) in [4.78, 5) is 48.1. The number of ketones is 1. The molecule has 1 atom stereocenters. The van der Waals surface area contributed by atoms with E-state index in [1.807, 2.05) is 0 Å². The molecule has 1 fully saturated rings. The van der Waals surface area contributed by atoms with Gasteiger partial charge in [0.15, 0.2) is 6.61 Å². The van der Waals surface area contributed by atoms with E-state index < -0.39 is 41.0 Å². The van der Waals surface area contributed by atoms with Crippen molar-refractivity contribution in [1.82, 2.24) is 4.90 Å². The second-order valence-electron chi connectivity index (χ2n) is 7.17. The lowest BCUT2D eigenvalue weighted by atomic mass is 10.1. The highest BCUT2D eigenvalue weighted by Gasteiger charge is 2.37. The number of carbonyl (C=O) groups is 3. The third kappa shape index (κ3) is 5.50. The number of likely N-dealkylation sites (tertiary alicyclic amines) is 1. The lowest BCUT2D eigenvalue weighted by molar-refractivity contribution is -0.384. The molecule has 1 aliphatic rings. The molecule has 0 aliphatic carbocycles. The van der Waals surface area contributed by atoms with Crippen molar-refractivity contribution in [3.8, 4) is 0 Å². The zero-order chi connectivity index (χ0) is 20.2. The molecule has 0 unspecified atom stereocenters. The molecule has 1 aromatic carbocycles. The highest BCUT2D eigenvalue weighted by Crippen LogP contribution is 2.22. The van der Waals surface area contributed by atoms with Crippen molar-refractivity contribution in [2.75, 3.05) is 13.2 Å². The van der Waals surface area contributed by atoms with Crippen LogP contribution < -0.4 is 0 Å². The molecular formula is C18H22N2O7. The fraction of sp³-hybridized carbons (Fsp3) is 0.500. The summed E-state index contributed by atoms with van der Waals surface area (Å²) in [5.41, 5.74) is -0.835. The third-order valence-corrected chi connectivity index (χ3v) is 3.88. The molecule has 1 aliphatic heterocycles. The molecule has 1 heterocycles. The van der Waals surface area contributed by atoms with E-state index in [2.05, 4.69) is 0 Å². The number of nitro benzene ring substituents is 1. The first-order valence-corrected chi connectivity index (χ1v) is 8.52. The molecule has 0 N–H and O–H groups in total. The fourth-order valence-corrected chi connectivity index (χ4v) is 2.66. The maximum Gasteiger partial charge on any atom is 0.411 e. The van der Waals surface area contributed by atoms with Gasteiger partial charge in [-0.05, 0) is 33.6 Å². The van der Waals surface area contributed by atoms with Crippen LogP contribution in [0.2, 0.25) is 0 Å². The average molecular weight is 378 g/mol. The molecule has 146 valence electrons. The van der Waals surface area contributed by atoms with Gasteiger partial charge in [0.05, 0.1) is 4.92 Å². The molecule has 1 amide bonds. The largest absolute Gasteiger partial charge is 0.456 e. The van der Waals surface area contributed by atoms with Gasteiger partial charge in [0.25, 0.3) is 5.69 Å². The van der Waals surface area contributed by atoms with E-state index in [0.717, 1.165) is 6.07 Å². The van der Waals surface area contributed by atoms with Crippen LogP contribution in [0, 0.1) is 10.1 Å². The molecular weight excluding hydrogens is 356 g/mol. The fourth-order valence-electron chi connectivity index (χ4n) is 2.66. The van der Waals surface area contributed by atoms with E-state index in [-0.39, 0.29) is 11.3 Å². The molecule has 9 nitrogen and oxygen atoms in total. The lowest BCUT2D eigenvalue weighted by Crippen LogP contribution is -2.44. The van der Waals surface area contributed by atoms with Crippen molar-refractivity contribution in [1.29, 1.82) is 0 Å². The Hall–Kier alpha value is -2.97. The van der Waals surface area contributed by atoms with E-state index in [4.69, 9.17) is 9.47 Å². The number of carbonyl (C=O) groups excluding carboxylic acids is 3. The molecule has 0 saturated carbocycles. The number of nitrogens with zero attached hydrogens (tertiary/aromatic N) is 2. The maximum absolute atomic E-state index is 12.3. The number of esters is 1. The van der Waals surface area contributed by atoms with Gasteiger partial charge in [0.1, 0.15) is 11.6 Å². The smallest absolute Gasteiger partial charge is 0.411 e. The normalized spacial score (nSPS) is 16.7. The number of ether oxygens (including phenoxy) is 2. The molecule has 0 radical (unpaired) electrons. The molecule has 2 rings (SSSR count). The van der Waals surface area contributed by atoms with Gasteiger partial charge < -0.3 is 9.47 Å². The van der Waals surface area contributed by atoms with E-state index in [0.29, 0.717) is 19.4 Å². The Balaban J connectivity index is 1.96. The molecule has 0 aromatic heterocycles. The van der Waals surface area contributed by atoms with Crippen LogP contribution in [0.5, 0.6) is 0 Å². The minimum absolute atomic E-state index is 0.0763. The van der Waals surface area contributed by atoms with Gasteiger partial charge in [-0.1, -0.05) is 12.1 Å². The van der Waals surface area contributed by atoms with Crippen LogP contribution in [-0.2, 0) is 14.3 Å². The van der Waals surface area contributed by atoms with Crippen molar-refractivity contribution in [3.05, 3.63) is 39.9 Å². The van der Waals surface area contributed by atoms with Crippen molar-refractivity contribution in [2.45, 2.75) is 45.3 Å². The predicted molar refractivity (Wildman–Crippen MR) is 94.3 cm³/mol. The number of benzene rings is 1. The van der Waals surface area contributed by atoms with Crippen molar-refractivity contribution < 1.29 is 28.8 Å². The van der Waals surface area contributed by atoms with Gasteiger partial charge in [-0.25, -0.2) is 9.59 Å². The van der Waals surface area contributed by atoms with Crippen LogP contribution in [0.3, 0.4) is 0 Å². The number of non-ortho nitro benzene ring substituents is 1. The summed E-state index contributed by atoms with van der Waals surface area (Å²) >= 11 is 0. The second-order valence-corrected chi connectivity index (χ2v) is 7.17. The average Bonchev–Trinajstić information content (AvgIpc) is 3.08. The second kappa shape index (κ2) is 8.15. The van der Waals surface area contributed by atoms with Crippen molar-refractivity contribution in [3.63, 3.8) is 0 Å². The molecule has 1 aromatic rings. The zero-order valence-electron chi connectivity index (χ0n) is 15.5. The van der Waals surface area contributed by atoms with Crippen LogP contribution in [0.4, 0.5) is 10.5 Å². The van der Waals surface area contributed by atoms with Gasteiger partial charge in [-0.2, -0.15) is 0 Å². The quantitative estimate of drug-likeness (QED) is 0.335. The Bertz CT molecular complexity index is 754. The lowest BCUT2D eigenvalue weighted by Gasteiger charge is -2.27. The Labute approximate surface area is 156 Å². The van der Waals surface area contributed by atoms with Crippen LogP contribution in [0.1, 0.15) is 44.0 Å². The topological polar surface area (TPSA) is 116 Å². The van der Waals surface area contributed by atoms with E-state index in [1.54, 1.807) is 20.8 Å². The number of hydrogen-bond donors (Lipinski definition) is 0. The minimum atomic E-state index is -0.808.